The summed E-state index contributed by atoms with van der Waals surface area (Å²) in [5.74, 6) is 1.53. The molecule has 6 heteroatoms. The number of aliphatic hydroxyl groups is 2. The average Bonchev–Trinajstić information content (AvgIpc) is 2.73. The molecule has 1 aliphatic heterocycles. The Morgan fingerprint density at radius 3 is 2.65 bits per heavy atom. The standard InChI is InChI=1S/C25H46N2O4/c1-3-26-17-24(31,16-23(29)30)12-6-4-5-7-19-8-9-21-15-20(19)10-13-25(21)14-11-22(28)18(2)27-25/h18-22,26-28,31H,3-17H2,1-2H3,(H,29,30)/t18-,19+,20-,21-,22+,24+,25-/m0/s1. The molecule has 2 bridgehead atoms. The Hall–Kier alpha value is -0.690. The van der Waals surface area contributed by atoms with Crippen LogP contribution in [0.15, 0.2) is 0 Å². The molecule has 1 spiro atoms. The molecule has 6 nitrogen and oxygen atoms in total. The van der Waals surface area contributed by atoms with Crippen LogP contribution in [0.2, 0.25) is 0 Å². The number of carboxylic acid groups (broad SMARTS) is 1. The zero-order valence-electron chi connectivity index (χ0n) is 19.7. The number of hydrogen-bond donors (Lipinski definition) is 5. The van der Waals surface area contributed by atoms with Crippen LogP contribution in [-0.2, 0) is 4.79 Å². The van der Waals surface area contributed by atoms with E-state index in [9.17, 15) is 15.0 Å². The molecule has 7 atom stereocenters. The Morgan fingerprint density at radius 2 is 1.94 bits per heavy atom. The van der Waals surface area contributed by atoms with Crippen LogP contribution in [0.25, 0.3) is 0 Å². The summed E-state index contributed by atoms with van der Waals surface area (Å²) in [6, 6.07) is 0.218. The number of nitrogens with one attached hydrogen (secondary N) is 2. The van der Waals surface area contributed by atoms with Crippen LogP contribution in [-0.4, -0.2) is 57.7 Å². The first kappa shape index (κ1) is 24.9. The number of aliphatic carboxylic acids is 1. The predicted octanol–water partition coefficient (Wildman–Crippen LogP) is 3.45. The van der Waals surface area contributed by atoms with Gasteiger partial charge in [-0.3, -0.25) is 4.79 Å². The van der Waals surface area contributed by atoms with Crippen molar-refractivity contribution in [2.75, 3.05) is 13.1 Å². The van der Waals surface area contributed by atoms with Gasteiger partial charge in [0.1, 0.15) is 0 Å². The molecule has 180 valence electrons. The van der Waals surface area contributed by atoms with Gasteiger partial charge in [0, 0.05) is 18.1 Å². The summed E-state index contributed by atoms with van der Waals surface area (Å²) < 4.78 is 0. The molecule has 3 aliphatic rings. The number of rotatable bonds is 11. The molecule has 3 rings (SSSR count). The fourth-order valence-electron chi connectivity index (χ4n) is 6.92. The molecule has 31 heavy (non-hydrogen) atoms. The summed E-state index contributed by atoms with van der Waals surface area (Å²) >= 11 is 0. The van der Waals surface area contributed by atoms with Crippen LogP contribution < -0.4 is 10.6 Å². The Morgan fingerprint density at radius 1 is 1.16 bits per heavy atom. The van der Waals surface area contributed by atoms with Crippen molar-refractivity contribution in [2.45, 2.75) is 121 Å². The van der Waals surface area contributed by atoms with Gasteiger partial charge >= 0.3 is 5.97 Å². The average molecular weight is 439 g/mol. The maximum absolute atomic E-state index is 11.1. The molecule has 0 aromatic heterocycles. The highest BCUT2D eigenvalue weighted by Gasteiger charge is 2.49. The van der Waals surface area contributed by atoms with Crippen molar-refractivity contribution in [2.24, 2.45) is 17.8 Å². The SMILES string of the molecule is CCNC[C@@](O)(CCCCC[C@@H]1CC[C@H]2C[C@@H]1CC[C@]21CC[C@@H](O)[C@H](C)N1)CC(=O)O. The highest BCUT2D eigenvalue weighted by atomic mass is 16.4. The second kappa shape index (κ2) is 11.0. The first-order valence-corrected chi connectivity index (χ1v) is 12.9. The molecule has 0 aromatic rings. The molecule has 3 fully saturated rings. The number of piperidine rings is 1. The Balaban J connectivity index is 1.39. The number of unbranched alkanes of at least 4 members (excludes halogenated alkanes) is 2. The molecule has 0 aromatic carbocycles. The molecule has 0 amide bonds. The van der Waals surface area contributed by atoms with Crippen molar-refractivity contribution in [3.8, 4) is 0 Å². The lowest BCUT2D eigenvalue weighted by molar-refractivity contribution is -0.142. The third-order valence-electron chi connectivity index (χ3n) is 8.76. The van der Waals surface area contributed by atoms with E-state index >= 15 is 0 Å². The summed E-state index contributed by atoms with van der Waals surface area (Å²) in [4.78, 5) is 11.1. The van der Waals surface area contributed by atoms with E-state index in [0.29, 0.717) is 13.0 Å². The van der Waals surface area contributed by atoms with E-state index in [-0.39, 0.29) is 24.1 Å². The molecule has 5 N–H and O–H groups in total. The Bertz CT molecular complexity index is 588. The van der Waals surface area contributed by atoms with Gasteiger partial charge in [-0.2, -0.15) is 0 Å². The smallest absolute Gasteiger partial charge is 0.306 e. The van der Waals surface area contributed by atoms with Crippen LogP contribution in [0, 0.1) is 17.8 Å². The van der Waals surface area contributed by atoms with E-state index in [2.05, 4.69) is 17.6 Å². The monoisotopic (exact) mass is 438 g/mol. The van der Waals surface area contributed by atoms with E-state index in [1.165, 1.54) is 44.9 Å². The van der Waals surface area contributed by atoms with E-state index in [1.54, 1.807) is 0 Å². The molecule has 0 unspecified atom stereocenters. The fraction of sp³-hybridized carbons (Fsp3) is 0.960. The number of aliphatic hydroxyl groups excluding tert-OH is 1. The first-order chi connectivity index (χ1) is 14.8. The van der Waals surface area contributed by atoms with Crippen molar-refractivity contribution in [1.82, 2.24) is 10.6 Å². The maximum atomic E-state index is 11.1. The van der Waals surface area contributed by atoms with Crippen LogP contribution in [0.1, 0.15) is 97.3 Å². The number of fused-ring (bicyclic) bond motifs is 3. The van der Waals surface area contributed by atoms with Gasteiger partial charge in [0.2, 0.25) is 0 Å². The van der Waals surface area contributed by atoms with Crippen LogP contribution in [0.5, 0.6) is 0 Å². The number of likely N-dealkylation sites (N-methyl/N-ethyl adjacent to an activating group) is 1. The van der Waals surface area contributed by atoms with Crippen molar-refractivity contribution >= 4 is 5.97 Å². The van der Waals surface area contributed by atoms with Gasteiger partial charge < -0.3 is 26.0 Å². The minimum absolute atomic E-state index is 0.183. The fourth-order valence-corrected chi connectivity index (χ4v) is 6.92. The van der Waals surface area contributed by atoms with Gasteiger partial charge in [-0.15, -0.1) is 0 Å². The molecule has 1 heterocycles. The summed E-state index contributed by atoms with van der Waals surface area (Å²) in [6.07, 6.45) is 13.3. The van der Waals surface area contributed by atoms with Crippen molar-refractivity contribution < 1.29 is 20.1 Å². The molecule has 2 aliphatic carbocycles. The second-order valence-corrected chi connectivity index (χ2v) is 10.9. The summed E-state index contributed by atoms with van der Waals surface area (Å²) in [6.45, 7) is 5.20. The maximum Gasteiger partial charge on any atom is 0.306 e. The lowest BCUT2D eigenvalue weighted by atomic mass is 9.56. The number of hydrogen-bond acceptors (Lipinski definition) is 5. The molecule has 0 radical (unpaired) electrons. The van der Waals surface area contributed by atoms with E-state index in [1.807, 2.05) is 6.92 Å². The normalized spacial score (nSPS) is 37.5. The van der Waals surface area contributed by atoms with Gasteiger partial charge in [0.05, 0.1) is 18.1 Å². The lowest BCUT2D eigenvalue weighted by Crippen LogP contribution is -2.63. The van der Waals surface area contributed by atoms with Gasteiger partial charge in [0.25, 0.3) is 0 Å². The van der Waals surface area contributed by atoms with E-state index < -0.39 is 11.6 Å². The zero-order chi connectivity index (χ0) is 22.5. The van der Waals surface area contributed by atoms with Gasteiger partial charge in [0.15, 0.2) is 0 Å². The van der Waals surface area contributed by atoms with Gasteiger partial charge in [-0.1, -0.05) is 32.6 Å². The van der Waals surface area contributed by atoms with E-state index in [0.717, 1.165) is 50.0 Å². The van der Waals surface area contributed by atoms with Crippen molar-refractivity contribution in [3.05, 3.63) is 0 Å². The van der Waals surface area contributed by atoms with Crippen molar-refractivity contribution in [3.63, 3.8) is 0 Å². The lowest BCUT2D eigenvalue weighted by Gasteiger charge is -2.56. The first-order valence-electron chi connectivity index (χ1n) is 12.9. The van der Waals surface area contributed by atoms with Crippen molar-refractivity contribution in [1.29, 1.82) is 0 Å². The second-order valence-electron chi connectivity index (χ2n) is 10.9. The highest BCUT2D eigenvalue weighted by molar-refractivity contribution is 5.68. The molecule has 2 saturated carbocycles. The third kappa shape index (κ3) is 6.43. The molecular formula is C25H46N2O4. The summed E-state index contributed by atoms with van der Waals surface area (Å²) in [5, 5.41) is 36.9. The topological polar surface area (TPSA) is 102 Å². The zero-order valence-corrected chi connectivity index (χ0v) is 19.7. The van der Waals surface area contributed by atoms with Gasteiger partial charge in [-0.25, -0.2) is 0 Å². The van der Waals surface area contributed by atoms with Gasteiger partial charge in [-0.05, 0) is 82.6 Å². The largest absolute Gasteiger partial charge is 0.481 e. The Labute approximate surface area is 188 Å². The minimum atomic E-state index is -1.13. The third-order valence-corrected chi connectivity index (χ3v) is 8.76. The number of carbonyl (C=O) groups is 1. The predicted molar refractivity (Wildman–Crippen MR) is 123 cm³/mol. The molecular weight excluding hydrogens is 392 g/mol. The molecule has 1 saturated heterocycles. The number of carboxylic acids is 1. The minimum Gasteiger partial charge on any atom is -0.481 e. The van der Waals surface area contributed by atoms with Crippen LogP contribution >= 0.6 is 0 Å². The Kier molecular flexibility index (Phi) is 8.81. The highest BCUT2D eigenvalue weighted by Crippen LogP contribution is 2.52. The summed E-state index contributed by atoms with van der Waals surface area (Å²) in [5.41, 5.74) is -0.851. The van der Waals surface area contributed by atoms with Crippen LogP contribution in [0.3, 0.4) is 0 Å². The summed E-state index contributed by atoms with van der Waals surface area (Å²) in [7, 11) is 0. The van der Waals surface area contributed by atoms with E-state index in [4.69, 9.17) is 5.11 Å². The van der Waals surface area contributed by atoms with Crippen LogP contribution in [0.4, 0.5) is 0 Å². The quantitative estimate of drug-likeness (QED) is 0.317.